The molecule has 0 aliphatic rings. The van der Waals surface area contributed by atoms with Gasteiger partial charge in [-0.1, -0.05) is 54.6 Å². The summed E-state index contributed by atoms with van der Waals surface area (Å²) >= 11 is 0. The standard InChI is InChI=1S/C20H14N2O2/c21-19(23)16-10-9-15-13-7-2-1-5-11(13)12-6-3-4-8-14(12)17(15)18(16)20(22)24/h1-10H,(H2,21,23)(H2,22,24). The fourth-order valence-corrected chi connectivity index (χ4v) is 3.46. The van der Waals surface area contributed by atoms with Crippen LogP contribution in [0.5, 0.6) is 0 Å². The Bertz CT molecular complexity index is 1130. The molecule has 0 bridgehead atoms. The SMILES string of the molecule is NC(=O)c1ccc2c3ccccc3c3ccccc3c2c1C(N)=O. The van der Waals surface area contributed by atoms with Gasteiger partial charge in [-0.15, -0.1) is 0 Å². The van der Waals surface area contributed by atoms with Gasteiger partial charge in [0, 0.05) is 5.39 Å². The van der Waals surface area contributed by atoms with Crippen LogP contribution in [0.4, 0.5) is 0 Å². The normalized spacial score (nSPS) is 11.2. The molecule has 0 spiro atoms. The van der Waals surface area contributed by atoms with Crippen LogP contribution in [0.2, 0.25) is 0 Å². The number of carbonyl (C=O) groups excluding carboxylic acids is 2. The molecule has 4 heteroatoms. The van der Waals surface area contributed by atoms with Crippen LogP contribution in [-0.2, 0) is 0 Å². The van der Waals surface area contributed by atoms with Crippen molar-refractivity contribution in [3.63, 3.8) is 0 Å². The summed E-state index contributed by atoms with van der Waals surface area (Å²) in [6.45, 7) is 0. The number of amides is 2. The van der Waals surface area contributed by atoms with E-state index in [0.29, 0.717) is 5.39 Å². The van der Waals surface area contributed by atoms with Gasteiger partial charge in [0.25, 0.3) is 0 Å². The van der Waals surface area contributed by atoms with Crippen LogP contribution in [-0.4, -0.2) is 11.8 Å². The van der Waals surface area contributed by atoms with E-state index < -0.39 is 11.8 Å². The first kappa shape index (κ1) is 14.2. The largest absolute Gasteiger partial charge is 0.366 e. The van der Waals surface area contributed by atoms with Crippen LogP contribution in [0.15, 0.2) is 60.7 Å². The van der Waals surface area contributed by atoms with Gasteiger partial charge in [0.2, 0.25) is 11.8 Å². The zero-order chi connectivity index (χ0) is 16.8. The Balaban J connectivity index is 2.41. The third kappa shape index (κ3) is 1.86. The van der Waals surface area contributed by atoms with E-state index in [1.165, 1.54) is 0 Å². The second-order valence-corrected chi connectivity index (χ2v) is 5.73. The lowest BCUT2D eigenvalue weighted by atomic mass is 9.89. The molecule has 0 aliphatic heterocycles. The van der Waals surface area contributed by atoms with Crippen LogP contribution >= 0.6 is 0 Å². The Morgan fingerprint density at radius 1 is 0.583 bits per heavy atom. The maximum absolute atomic E-state index is 12.1. The number of fused-ring (bicyclic) bond motifs is 6. The van der Waals surface area contributed by atoms with Gasteiger partial charge in [0.15, 0.2) is 0 Å². The molecule has 4 aromatic carbocycles. The van der Waals surface area contributed by atoms with E-state index in [9.17, 15) is 9.59 Å². The summed E-state index contributed by atoms with van der Waals surface area (Å²) in [5, 5.41) is 5.52. The summed E-state index contributed by atoms with van der Waals surface area (Å²) in [7, 11) is 0. The molecular weight excluding hydrogens is 300 g/mol. The molecule has 0 radical (unpaired) electrons. The van der Waals surface area contributed by atoms with Gasteiger partial charge < -0.3 is 11.5 Å². The Kier molecular flexibility index (Phi) is 3.00. The molecule has 0 saturated carbocycles. The predicted octanol–water partition coefficient (Wildman–Crippen LogP) is 3.34. The van der Waals surface area contributed by atoms with E-state index in [1.807, 2.05) is 54.6 Å². The first-order valence-electron chi connectivity index (χ1n) is 7.55. The van der Waals surface area contributed by atoms with Crippen LogP contribution < -0.4 is 11.5 Å². The van der Waals surface area contributed by atoms with Gasteiger partial charge in [0.05, 0.1) is 11.1 Å². The molecule has 4 aromatic rings. The maximum atomic E-state index is 12.1. The van der Waals surface area contributed by atoms with Crippen LogP contribution in [0.1, 0.15) is 20.7 Å². The molecule has 0 fully saturated rings. The topological polar surface area (TPSA) is 86.2 Å². The number of hydrogen-bond donors (Lipinski definition) is 2. The Hall–Kier alpha value is -3.40. The summed E-state index contributed by atoms with van der Waals surface area (Å²) in [6.07, 6.45) is 0. The minimum atomic E-state index is -0.664. The van der Waals surface area contributed by atoms with Gasteiger partial charge in [-0.25, -0.2) is 0 Å². The maximum Gasteiger partial charge on any atom is 0.250 e. The van der Waals surface area contributed by atoms with Gasteiger partial charge in [-0.05, 0) is 33.0 Å². The van der Waals surface area contributed by atoms with Crippen LogP contribution in [0.3, 0.4) is 0 Å². The van der Waals surface area contributed by atoms with Gasteiger partial charge in [0.1, 0.15) is 0 Å². The fourth-order valence-electron chi connectivity index (χ4n) is 3.46. The van der Waals surface area contributed by atoms with Gasteiger partial charge in [-0.3, -0.25) is 9.59 Å². The Labute approximate surface area is 137 Å². The highest BCUT2D eigenvalue weighted by atomic mass is 16.2. The number of primary amides is 2. The molecule has 4 N–H and O–H groups in total. The lowest BCUT2D eigenvalue weighted by Gasteiger charge is -2.14. The molecule has 0 atom stereocenters. The molecule has 0 aliphatic carbocycles. The van der Waals surface area contributed by atoms with Gasteiger partial charge >= 0.3 is 0 Å². The molecule has 4 nitrogen and oxygen atoms in total. The molecule has 0 unspecified atom stereocenters. The average Bonchev–Trinajstić information content (AvgIpc) is 2.60. The van der Waals surface area contributed by atoms with E-state index in [2.05, 4.69) is 0 Å². The number of carbonyl (C=O) groups is 2. The molecule has 0 saturated heterocycles. The van der Waals surface area contributed by atoms with E-state index in [4.69, 9.17) is 11.5 Å². The van der Waals surface area contributed by atoms with Crippen molar-refractivity contribution in [1.82, 2.24) is 0 Å². The van der Waals surface area contributed by atoms with Crippen molar-refractivity contribution >= 4 is 44.1 Å². The van der Waals surface area contributed by atoms with Crippen LogP contribution in [0.25, 0.3) is 32.3 Å². The van der Waals surface area contributed by atoms with Crippen molar-refractivity contribution in [2.45, 2.75) is 0 Å². The van der Waals surface area contributed by atoms with Crippen molar-refractivity contribution in [1.29, 1.82) is 0 Å². The minimum absolute atomic E-state index is 0.149. The van der Waals surface area contributed by atoms with Crippen molar-refractivity contribution in [2.24, 2.45) is 11.5 Å². The molecular formula is C20H14N2O2. The summed E-state index contributed by atoms with van der Waals surface area (Å²) in [5.74, 6) is -1.32. The van der Waals surface area contributed by atoms with Crippen molar-refractivity contribution in [2.75, 3.05) is 0 Å². The average molecular weight is 314 g/mol. The summed E-state index contributed by atoms with van der Waals surface area (Å²) in [6, 6.07) is 19.2. The fraction of sp³-hybridized carbons (Fsp3) is 0. The lowest BCUT2D eigenvalue weighted by molar-refractivity contribution is 0.0968. The number of rotatable bonds is 2. The highest BCUT2D eigenvalue weighted by Gasteiger charge is 2.20. The van der Waals surface area contributed by atoms with Gasteiger partial charge in [-0.2, -0.15) is 0 Å². The zero-order valence-corrected chi connectivity index (χ0v) is 12.7. The van der Waals surface area contributed by atoms with Crippen LogP contribution in [0, 0.1) is 0 Å². The first-order valence-corrected chi connectivity index (χ1v) is 7.55. The van der Waals surface area contributed by atoms with E-state index in [-0.39, 0.29) is 11.1 Å². The summed E-state index contributed by atoms with van der Waals surface area (Å²) in [4.78, 5) is 23.9. The van der Waals surface area contributed by atoms with Crippen molar-refractivity contribution < 1.29 is 9.59 Å². The molecule has 0 aromatic heterocycles. The number of nitrogens with two attached hydrogens (primary N) is 2. The predicted molar refractivity (Wildman–Crippen MR) is 96.0 cm³/mol. The minimum Gasteiger partial charge on any atom is -0.366 e. The smallest absolute Gasteiger partial charge is 0.250 e. The van der Waals surface area contributed by atoms with E-state index in [0.717, 1.165) is 26.9 Å². The zero-order valence-electron chi connectivity index (χ0n) is 12.7. The molecule has 2 amide bonds. The summed E-state index contributed by atoms with van der Waals surface area (Å²) in [5.41, 5.74) is 11.4. The number of benzene rings is 4. The Morgan fingerprint density at radius 3 is 1.54 bits per heavy atom. The monoisotopic (exact) mass is 314 g/mol. The highest BCUT2D eigenvalue weighted by molar-refractivity contribution is 6.30. The molecule has 116 valence electrons. The molecule has 4 rings (SSSR count). The number of hydrogen-bond acceptors (Lipinski definition) is 2. The summed E-state index contributed by atoms with van der Waals surface area (Å²) < 4.78 is 0. The second-order valence-electron chi connectivity index (χ2n) is 5.73. The molecule has 0 heterocycles. The third-order valence-corrected chi connectivity index (χ3v) is 4.42. The third-order valence-electron chi connectivity index (χ3n) is 4.42. The lowest BCUT2D eigenvalue weighted by Crippen LogP contribution is -2.21. The first-order chi connectivity index (χ1) is 11.6. The Morgan fingerprint density at radius 2 is 1.04 bits per heavy atom. The van der Waals surface area contributed by atoms with Crippen molar-refractivity contribution in [3.8, 4) is 0 Å². The quantitative estimate of drug-likeness (QED) is 0.556. The molecule has 24 heavy (non-hydrogen) atoms. The highest BCUT2D eigenvalue weighted by Crippen LogP contribution is 2.37. The second kappa shape index (κ2) is 5.06. The van der Waals surface area contributed by atoms with E-state index >= 15 is 0 Å². The van der Waals surface area contributed by atoms with E-state index in [1.54, 1.807) is 6.07 Å². The van der Waals surface area contributed by atoms with Crippen molar-refractivity contribution in [3.05, 3.63) is 71.8 Å².